The lowest BCUT2D eigenvalue weighted by Crippen LogP contribution is -2.36. The number of amides is 1. The Kier molecular flexibility index (Phi) is 1.20. The van der Waals surface area contributed by atoms with E-state index in [1.54, 1.807) is 0 Å². The molecule has 1 rings (SSSR count). The van der Waals surface area contributed by atoms with Crippen LogP contribution in [0.15, 0.2) is 0 Å². The van der Waals surface area contributed by atoms with Crippen LogP contribution in [0.3, 0.4) is 0 Å². The normalized spacial score (nSPS) is 35.9. The minimum atomic E-state index is -1.79. The van der Waals surface area contributed by atoms with E-state index in [0.29, 0.717) is 0 Å². The molecule has 0 aromatic rings. The van der Waals surface area contributed by atoms with Crippen LogP contribution < -0.4 is 5.73 Å². The van der Waals surface area contributed by atoms with Gasteiger partial charge in [0.25, 0.3) is 0 Å². The highest BCUT2D eigenvalue weighted by molar-refractivity contribution is 5.79. The Bertz CT molecular complexity index is 146. The molecule has 3 nitrogen and oxygen atoms in total. The zero-order chi connectivity index (χ0) is 7.07. The monoisotopic (exact) mass is 132 g/mol. The minimum absolute atomic E-state index is 0.0197. The van der Waals surface area contributed by atoms with Gasteiger partial charge in [0.1, 0.15) is 0 Å². The molecule has 1 saturated heterocycles. The molecule has 1 heterocycles. The van der Waals surface area contributed by atoms with E-state index < -0.39 is 5.79 Å². The van der Waals surface area contributed by atoms with Crippen molar-refractivity contribution in [2.24, 2.45) is 5.73 Å². The van der Waals surface area contributed by atoms with E-state index >= 15 is 0 Å². The first-order valence-corrected chi connectivity index (χ1v) is 2.73. The van der Waals surface area contributed by atoms with Gasteiger partial charge < -0.3 is 4.90 Å². The molecule has 52 valence electrons. The Morgan fingerprint density at radius 2 is 2.44 bits per heavy atom. The average molecular weight is 132 g/mol. The predicted molar refractivity (Wildman–Crippen MR) is 30.3 cm³/mol. The van der Waals surface area contributed by atoms with Gasteiger partial charge in [-0.3, -0.25) is 10.5 Å². The SMILES string of the molecule is CN1C[C@@](N)(F)CC1=O. The number of hydrogen-bond donors (Lipinski definition) is 1. The van der Waals surface area contributed by atoms with Crippen LogP contribution >= 0.6 is 0 Å². The van der Waals surface area contributed by atoms with Crippen LogP contribution in [0.2, 0.25) is 0 Å². The third kappa shape index (κ3) is 1.18. The molecule has 0 aromatic carbocycles. The van der Waals surface area contributed by atoms with Crippen molar-refractivity contribution in [3.63, 3.8) is 0 Å². The first kappa shape index (κ1) is 6.48. The molecule has 4 heteroatoms. The summed E-state index contributed by atoms with van der Waals surface area (Å²) in [5.41, 5.74) is 5.03. The van der Waals surface area contributed by atoms with E-state index in [9.17, 15) is 9.18 Å². The van der Waals surface area contributed by atoms with Crippen LogP contribution in [0.25, 0.3) is 0 Å². The van der Waals surface area contributed by atoms with Crippen LogP contribution in [0.1, 0.15) is 6.42 Å². The van der Waals surface area contributed by atoms with Gasteiger partial charge in [-0.2, -0.15) is 0 Å². The minimum Gasteiger partial charge on any atom is -0.341 e. The van der Waals surface area contributed by atoms with E-state index in [1.807, 2.05) is 0 Å². The van der Waals surface area contributed by atoms with Crippen molar-refractivity contribution >= 4 is 5.91 Å². The number of hydrogen-bond acceptors (Lipinski definition) is 2. The van der Waals surface area contributed by atoms with Crippen LogP contribution in [0, 0.1) is 0 Å². The van der Waals surface area contributed by atoms with Crippen molar-refractivity contribution in [3.8, 4) is 0 Å². The van der Waals surface area contributed by atoms with Crippen molar-refractivity contribution in [3.05, 3.63) is 0 Å². The Morgan fingerprint density at radius 3 is 2.56 bits per heavy atom. The fourth-order valence-electron chi connectivity index (χ4n) is 0.925. The lowest BCUT2D eigenvalue weighted by Gasteiger charge is -2.10. The summed E-state index contributed by atoms with van der Waals surface area (Å²) in [7, 11) is 1.54. The number of likely N-dealkylation sites (N-methyl/N-ethyl adjacent to an activating group) is 1. The summed E-state index contributed by atoms with van der Waals surface area (Å²) in [6, 6.07) is 0. The van der Waals surface area contributed by atoms with Crippen LogP contribution in [0.4, 0.5) is 4.39 Å². The van der Waals surface area contributed by atoms with Gasteiger partial charge in [0, 0.05) is 7.05 Å². The molecule has 1 aliphatic rings. The third-order valence-corrected chi connectivity index (χ3v) is 1.37. The Morgan fingerprint density at radius 1 is 1.89 bits per heavy atom. The van der Waals surface area contributed by atoms with E-state index in [4.69, 9.17) is 5.73 Å². The first-order valence-electron chi connectivity index (χ1n) is 2.73. The van der Waals surface area contributed by atoms with Crippen molar-refractivity contribution in [1.29, 1.82) is 0 Å². The molecule has 0 aromatic heterocycles. The van der Waals surface area contributed by atoms with Crippen LogP contribution in [0.5, 0.6) is 0 Å². The predicted octanol–water partition coefficient (Wildman–Crippen LogP) is -0.527. The Labute approximate surface area is 52.6 Å². The second-order valence-electron chi connectivity index (χ2n) is 2.46. The number of carbonyl (C=O) groups excluding carboxylic acids is 1. The zero-order valence-electron chi connectivity index (χ0n) is 5.22. The van der Waals surface area contributed by atoms with Crippen LogP contribution in [-0.4, -0.2) is 30.2 Å². The summed E-state index contributed by atoms with van der Waals surface area (Å²) in [5, 5.41) is 0. The molecule has 1 aliphatic heterocycles. The van der Waals surface area contributed by atoms with Crippen molar-refractivity contribution in [2.75, 3.05) is 13.6 Å². The maximum atomic E-state index is 12.6. The quantitative estimate of drug-likeness (QED) is 0.450. The maximum absolute atomic E-state index is 12.6. The molecule has 0 bridgehead atoms. The number of nitrogens with two attached hydrogens (primary N) is 1. The van der Waals surface area contributed by atoms with Gasteiger partial charge in [0.2, 0.25) is 5.91 Å². The molecule has 0 radical (unpaired) electrons. The summed E-state index contributed by atoms with van der Waals surface area (Å²) < 4.78 is 12.6. The van der Waals surface area contributed by atoms with E-state index in [1.165, 1.54) is 11.9 Å². The van der Waals surface area contributed by atoms with Gasteiger partial charge in [0.05, 0.1) is 13.0 Å². The van der Waals surface area contributed by atoms with Gasteiger partial charge in [-0.25, -0.2) is 4.39 Å². The Hall–Kier alpha value is -0.640. The van der Waals surface area contributed by atoms with Crippen molar-refractivity contribution in [2.45, 2.75) is 12.2 Å². The number of halogens is 1. The zero-order valence-corrected chi connectivity index (χ0v) is 5.22. The summed E-state index contributed by atoms with van der Waals surface area (Å²) in [4.78, 5) is 11.9. The number of likely N-dealkylation sites (tertiary alicyclic amines) is 1. The summed E-state index contributed by atoms with van der Waals surface area (Å²) in [6.07, 6.45) is -0.177. The molecule has 0 spiro atoms. The van der Waals surface area contributed by atoms with Gasteiger partial charge in [-0.1, -0.05) is 0 Å². The fourth-order valence-corrected chi connectivity index (χ4v) is 0.925. The van der Waals surface area contributed by atoms with Crippen molar-refractivity contribution < 1.29 is 9.18 Å². The highest BCUT2D eigenvalue weighted by Gasteiger charge is 2.38. The number of rotatable bonds is 0. The molecular weight excluding hydrogens is 123 g/mol. The standard InChI is InChI=1S/C5H9FN2O/c1-8-3-5(6,7)2-4(8)9/h2-3,7H2,1H3/t5-/m1/s1. The Balaban J connectivity index is 2.65. The number of nitrogens with zero attached hydrogens (tertiary/aromatic N) is 1. The second-order valence-corrected chi connectivity index (χ2v) is 2.46. The van der Waals surface area contributed by atoms with Crippen LogP contribution in [-0.2, 0) is 4.79 Å². The van der Waals surface area contributed by atoms with E-state index in [-0.39, 0.29) is 18.9 Å². The van der Waals surface area contributed by atoms with Gasteiger partial charge in [-0.05, 0) is 0 Å². The van der Waals surface area contributed by atoms with E-state index in [0.717, 1.165) is 0 Å². The van der Waals surface area contributed by atoms with Crippen molar-refractivity contribution in [1.82, 2.24) is 4.90 Å². The van der Waals surface area contributed by atoms with E-state index in [2.05, 4.69) is 0 Å². The highest BCUT2D eigenvalue weighted by atomic mass is 19.1. The molecule has 9 heavy (non-hydrogen) atoms. The largest absolute Gasteiger partial charge is 0.341 e. The molecule has 2 N–H and O–H groups in total. The summed E-state index contributed by atoms with van der Waals surface area (Å²) in [5.74, 6) is -2.01. The molecule has 1 amide bonds. The molecule has 1 atom stereocenters. The first-order chi connectivity index (χ1) is 4.01. The average Bonchev–Trinajstić information content (AvgIpc) is 1.79. The molecule has 0 unspecified atom stereocenters. The molecular formula is C5H9FN2O. The second kappa shape index (κ2) is 1.67. The third-order valence-electron chi connectivity index (χ3n) is 1.37. The summed E-state index contributed by atoms with van der Waals surface area (Å²) >= 11 is 0. The fraction of sp³-hybridized carbons (Fsp3) is 0.800. The maximum Gasteiger partial charge on any atom is 0.227 e. The van der Waals surface area contributed by atoms with Gasteiger partial charge in [-0.15, -0.1) is 0 Å². The highest BCUT2D eigenvalue weighted by Crippen LogP contribution is 2.18. The lowest BCUT2D eigenvalue weighted by molar-refractivity contribution is -0.126. The lowest BCUT2D eigenvalue weighted by atomic mass is 10.2. The number of carbonyl (C=O) groups is 1. The topological polar surface area (TPSA) is 46.3 Å². The molecule has 1 fully saturated rings. The van der Waals surface area contributed by atoms with Gasteiger partial charge >= 0.3 is 0 Å². The molecule has 0 aliphatic carbocycles. The summed E-state index contributed by atoms with van der Waals surface area (Å²) in [6.45, 7) is 0.0197. The smallest absolute Gasteiger partial charge is 0.227 e. The molecule has 0 saturated carbocycles. The number of alkyl halides is 1. The van der Waals surface area contributed by atoms with Gasteiger partial charge in [0.15, 0.2) is 5.79 Å².